The largest absolute Gasteiger partial charge is 0.490 e. The molecule has 0 saturated carbocycles. The Morgan fingerprint density at radius 2 is 2.17 bits per heavy atom. The molecule has 24 heavy (non-hydrogen) atoms. The van der Waals surface area contributed by atoms with Crippen molar-refractivity contribution in [3.05, 3.63) is 30.6 Å². The number of fused-ring (bicyclic) bond motifs is 1. The SMILES string of the molecule is CC(Oc1ccc2[nH]nc(-c3cnn(C)c3)c2c1)C1CCOCC1. The van der Waals surface area contributed by atoms with Crippen molar-refractivity contribution in [2.45, 2.75) is 25.9 Å². The van der Waals surface area contributed by atoms with E-state index in [1.165, 1.54) is 0 Å². The fraction of sp³-hybridized carbons (Fsp3) is 0.444. The Bertz CT molecular complexity index is 833. The van der Waals surface area contributed by atoms with Gasteiger partial charge in [-0.2, -0.15) is 10.2 Å². The Hall–Kier alpha value is -2.34. The van der Waals surface area contributed by atoms with Gasteiger partial charge < -0.3 is 9.47 Å². The molecular formula is C18H22N4O2. The van der Waals surface area contributed by atoms with E-state index >= 15 is 0 Å². The van der Waals surface area contributed by atoms with Crippen LogP contribution < -0.4 is 4.74 Å². The highest BCUT2D eigenvalue weighted by Crippen LogP contribution is 2.30. The minimum absolute atomic E-state index is 0.181. The predicted octanol–water partition coefficient (Wildman–Crippen LogP) is 3.16. The molecule has 1 atom stereocenters. The second-order valence-electron chi connectivity index (χ2n) is 6.46. The smallest absolute Gasteiger partial charge is 0.120 e. The zero-order chi connectivity index (χ0) is 16.5. The molecular weight excluding hydrogens is 304 g/mol. The lowest BCUT2D eigenvalue weighted by atomic mass is 9.95. The van der Waals surface area contributed by atoms with Crippen molar-refractivity contribution >= 4 is 10.9 Å². The molecule has 4 rings (SSSR count). The molecule has 1 unspecified atom stereocenters. The van der Waals surface area contributed by atoms with Crippen LogP contribution in [0.2, 0.25) is 0 Å². The number of H-pyrrole nitrogens is 1. The van der Waals surface area contributed by atoms with E-state index in [1.807, 2.05) is 31.6 Å². The molecule has 0 bridgehead atoms. The molecule has 1 aliphatic heterocycles. The van der Waals surface area contributed by atoms with E-state index in [-0.39, 0.29) is 6.10 Å². The number of aromatic amines is 1. The maximum atomic E-state index is 6.21. The summed E-state index contributed by atoms with van der Waals surface area (Å²) in [7, 11) is 1.91. The number of aromatic nitrogens is 4. The molecule has 6 heteroatoms. The normalized spacial score (nSPS) is 17.2. The van der Waals surface area contributed by atoms with Crippen molar-refractivity contribution in [2.24, 2.45) is 13.0 Å². The van der Waals surface area contributed by atoms with E-state index in [0.717, 1.165) is 54.0 Å². The molecule has 2 aromatic heterocycles. The molecule has 0 aliphatic carbocycles. The van der Waals surface area contributed by atoms with E-state index in [2.05, 4.69) is 28.3 Å². The number of benzene rings is 1. The number of rotatable bonds is 4. The molecule has 0 spiro atoms. The van der Waals surface area contributed by atoms with Crippen LogP contribution in [0.15, 0.2) is 30.6 Å². The molecule has 1 aromatic carbocycles. The minimum atomic E-state index is 0.181. The Morgan fingerprint density at radius 1 is 1.33 bits per heavy atom. The van der Waals surface area contributed by atoms with E-state index in [1.54, 1.807) is 4.68 Å². The number of aryl methyl sites for hydroxylation is 1. The van der Waals surface area contributed by atoms with Crippen molar-refractivity contribution in [1.82, 2.24) is 20.0 Å². The van der Waals surface area contributed by atoms with Crippen molar-refractivity contribution < 1.29 is 9.47 Å². The Morgan fingerprint density at radius 3 is 2.92 bits per heavy atom. The van der Waals surface area contributed by atoms with Crippen LogP contribution in [0.3, 0.4) is 0 Å². The lowest BCUT2D eigenvalue weighted by Gasteiger charge is -2.28. The van der Waals surface area contributed by atoms with Gasteiger partial charge in [0.1, 0.15) is 11.4 Å². The van der Waals surface area contributed by atoms with Gasteiger partial charge >= 0.3 is 0 Å². The van der Waals surface area contributed by atoms with Crippen LogP contribution in [-0.4, -0.2) is 39.3 Å². The highest BCUT2D eigenvalue weighted by atomic mass is 16.5. The van der Waals surface area contributed by atoms with Crippen LogP contribution in [-0.2, 0) is 11.8 Å². The summed E-state index contributed by atoms with van der Waals surface area (Å²) in [4.78, 5) is 0. The molecule has 6 nitrogen and oxygen atoms in total. The number of nitrogens with zero attached hydrogens (tertiary/aromatic N) is 3. The van der Waals surface area contributed by atoms with E-state index in [0.29, 0.717) is 5.92 Å². The first-order valence-electron chi connectivity index (χ1n) is 8.42. The molecule has 1 saturated heterocycles. The Labute approximate surface area is 140 Å². The number of hydrogen-bond donors (Lipinski definition) is 1. The van der Waals surface area contributed by atoms with Crippen LogP contribution in [0.5, 0.6) is 5.75 Å². The molecule has 0 amide bonds. The van der Waals surface area contributed by atoms with Crippen molar-refractivity contribution in [3.8, 4) is 17.0 Å². The average Bonchev–Trinajstić information content (AvgIpc) is 3.21. The second kappa shape index (κ2) is 6.28. The molecule has 3 aromatic rings. The molecule has 3 heterocycles. The lowest BCUT2D eigenvalue weighted by Crippen LogP contribution is -2.29. The average molecular weight is 326 g/mol. The summed E-state index contributed by atoms with van der Waals surface area (Å²) in [6.07, 6.45) is 6.10. The summed E-state index contributed by atoms with van der Waals surface area (Å²) in [5, 5.41) is 12.8. The summed E-state index contributed by atoms with van der Waals surface area (Å²) < 4.78 is 13.4. The fourth-order valence-electron chi connectivity index (χ4n) is 3.33. The molecule has 0 radical (unpaired) electrons. The Kier molecular flexibility index (Phi) is 3.98. The third-order valence-electron chi connectivity index (χ3n) is 4.76. The molecule has 126 valence electrons. The summed E-state index contributed by atoms with van der Waals surface area (Å²) in [6.45, 7) is 3.83. The van der Waals surface area contributed by atoms with E-state index in [9.17, 15) is 0 Å². The van der Waals surface area contributed by atoms with Gasteiger partial charge in [-0.3, -0.25) is 9.78 Å². The lowest BCUT2D eigenvalue weighted by molar-refractivity contribution is 0.0239. The van der Waals surface area contributed by atoms with Crippen molar-refractivity contribution in [1.29, 1.82) is 0 Å². The second-order valence-corrected chi connectivity index (χ2v) is 6.46. The molecule has 1 aliphatic rings. The van der Waals surface area contributed by atoms with Crippen molar-refractivity contribution in [3.63, 3.8) is 0 Å². The summed E-state index contributed by atoms with van der Waals surface area (Å²) in [5.74, 6) is 1.43. The summed E-state index contributed by atoms with van der Waals surface area (Å²) in [5.41, 5.74) is 2.90. The van der Waals surface area contributed by atoms with Crippen LogP contribution in [0.4, 0.5) is 0 Å². The third kappa shape index (κ3) is 2.89. The van der Waals surface area contributed by atoms with E-state index < -0.39 is 0 Å². The van der Waals surface area contributed by atoms with Gasteiger partial charge in [-0.15, -0.1) is 0 Å². The first kappa shape index (κ1) is 15.2. The maximum Gasteiger partial charge on any atom is 0.120 e. The first-order chi connectivity index (χ1) is 11.7. The first-order valence-corrected chi connectivity index (χ1v) is 8.42. The number of nitrogens with one attached hydrogen (secondary N) is 1. The topological polar surface area (TPSA) is 65.0 Å². The van der Waals surface area contributed by atoms with E-state index in [4.69, 9.17) is 9.47 Å². The quantitative estimate of drug-likeness (QED) is 0.800. The van der Waals surface area contributed by atoms with Gasteiger partial charge in [0.05, 0.1) is 17.8 Å². The van der Waals surface area contributed by atoms with Crippen LogP contribution in [0.1, 0.15) is 19.8 Å². The van der Waals surface area contributed by atoms with Crippen LogP contribution >= 0.6 is 0 Å². The van der Waals surface area contributed by atoms with Gasteiger partial charge in [0, 0.05) is 37.4 Å². The van der Waals surface area contributed by atoms with Gasteiger partial charge in [-0.25, -0.2) is 0 Å². The third-order valence-corrected chi connectivity index (χ3v) is 4.76. The standard InChI is InChI=1S/C18H22N4O2/c1-12(13-5-7-23-8-6-13)24-15-3-4-17-16(9-15)18(21-20-17)14-10-19-22(2)11-14/h3-4,9-13H,5-8H2,1-2H3,(H,20,21). The molecule has 1 fully saturated rings. The van der Waals surface area contributed by atoms with Gasteiger partial charge in [0.25, 0.3) is 0 Å². The molecule has 1 N–H and O–H groups in total. The summed E-state index contributed by atoms with van der Waals surface area (Å²) >= 11 is 0. The van der Waals surface area contributed by atoms with Crippen LogP contribution in [0, 0.1) is 5.92 Å². The number of hydrogen-bond acceptors (Lipinski definition) is 4. The van der Waals surface area contributed by atoms with Gasteiger partial charge in [0.2, 0.25) is 0 Å². The monoisotopic (exact) mass is 326 g/mol. The minimum Gasteiger partial charge on any atom is -0.490 e. The van der Waals surface area contributed by atoms with Gasteiger partial charge in [-0.05, 0) is 43.9 Å². The highest BCUT2D eigenvalue weighted by molar-refractivity contribution is 5.93. The predicted molar refractivity (Wildman–Crippen MR) is 91.9 cm³/mol. The van der Waals surface area contributed by atoms with Gasteiger partial charge in [0.15, 0.2) is 0 Å². The maximum absolute atomic E-state index is 6.21. The zero-order valence-corrected chi connectivity index (χ0v) is 14.0. The summed E-state index contributed by atoms with van der Waals surface area (Å²) in [6, 6.07) is 6.09. The Balaban J connectivity index is 1.60. The van der Waals surface area contributed by atoms with Crippen molar-refractivity contribution in [2.75, 3.05) is 13.2 Å². The zero-order valence-electron chi connectivity index (χ0n) is 14.0. The number of ether oxygens (including phenoxy) is 2. The fourth-order valence-corrected chi connectivity index (χ4v) is 3.33. The van der Waals surface area contributed by atoms with Crippen LogP contribution in [0.25, 0.3) is 22.2 Å². The van der Waals surface area contributed by atoms with Gasteiger partial charge in [-0.1, -0.05) is 0 Å². The highest BCUT2D eigenvalue weighted by Gasteiger charge is 2.22.